The molecule has 2 aromatic rings. The Hall–Kier alpha value is -1.84. The molecule has 0 aromatic heterocycles. The summed E-state index contributed by atoms with van der Waals surface area (Å²) in [5.41, 5.74) is 4.40. The first-order valence-corrected chi connectivity index (χ1v) is 11.6. The highest BCUT2D eigenvalue weighted by molar-refractivity contribution is 5.30. The largest absolute Gasteiger partial charge is 0.491 e. The lowest BCUT2D eigenvalue weighted by Crippen LogP contribution is -2.83. The number of benzene rings is 2. The Morgan fingerprint density at radius 2 is 1.73 bits per heavy atom. The fraction of sp³-hybridized carbons (Fsp3) is 0.556. The highest BCUT2D eigenvalue weighted by atomic mass is 16.5. The van der Waals surface area contributed by atoms with Crippen LogP contribution in [0.5, 0.6) is 5.75 Å². The molecule has 1 fully saturated rings. The number of quaternary nitrogens is 1. The van der Waals surface area contributed by atoms with Crippen LogP contribution in [-0.4, -0.2) is 25.4 Å². The lowest BCUT2D eigenvalue weighted by Gasteiger charge is -2.42. The van der Waals surface area contributed by atoms with E-state index in [0.717, 1.165) is 38.3 Å². The van der Waals surface area contributed by atoms with E-state index < -0.39 is 0 Å². The predicted octanol–water partition coefficient (Wildman–Crippen LogP) is 5.01. The minimum absolute atomic E-state index is 0.217. The summed E-state index contributed by atoms with van der Waals surface area (Å²) in [4.78, 5) is 0. The zero-order chi connectivity index (χ0) is 21.6. The average molecular weight is 411 g/mol. The number of hydrogen-bond acceptors (Lipinski definition) is 2. The summed E-state index contributed by atoms with van der Waals surface area (Å²) in [6, 6.07) is 17.8. The van der Waals surface area contributed by atoms with Crippen LogP contribution >= 0.6 is 0 Å². The summed E-state index contributed by atoms with van der Waals surface area (Å²) in [5, 5.41) is 2.45. The van der Waals surface area contributed by atoms with Crippen molar-refractivity contribution in [2.24, 2.45) is 5.92 Å². The van der Waals surface area contributed by atoms with Crippen molar-refractivity contribution in [2.75, 3.05) is 13.2 Å². The van der Waals surface area contributed by atoms with E-state index in [1.165, 1.54) is 23.1 Å². The van der Waals surface area contributed by atoms with Gasteiger partial charge in [0.2, 0.25) is 0 Å². The normalized spacial score (nSPS) is 21.9. The minimum Gasteiger partial charge on any atom is -0.491 e. The van der Waals surface area contributed by atoms with Crippen LogP contribution in [0.25, 0.3) is 0 Å². The van der Waals surface area contributed by atoms with Gasteiger partial charge < -0.3 is 14.8 Å². The molecule has 3 rings (SSSR count). The van der Waals surface area contributed by atoms with Crippen LogP contribution in [0.3, 0.4) is 0 Å². The zero-order valence-electron chi connectivity index (χ0n) is 19.5. The van der Waals surface area contributed by atoms with Gasteiger partial charge >= 0.3 is 0 Å². The Balaban J connectivity index is 1.62. The minimum atomic E-state index is 0.217. The Bertz CT molecular complexity index is 766. The first kappa shape index (κ1) is 22.8. The molecule has 0 unspecified atom stereocenters. The summed E-state index contributed by atoms with van der Waals surface area (Å²) >= 11 is 0. The van der Waals surface area contributed by atoms with Crippen LogP contribution in [0.1, 0.15) is 63.6 Å². The molecule has 1 aliphatic heterocycles. The third kappa shape index (κ3) is 6.09. The Morgan fingerprint density at radius 3 is 2.37 bits per heavy atom. The van der Waals surface area contributed by atoms with Gasteiger partial charge in [-0.2, -0.15) is 0 Å². The molecular formula is C27H40NO2+. The Kier molecular flexibility index (Phi) is 7.96. The molecule has 1 saturated heterocycles. The van der Waals surface area contributed by atoms with Crippen molar-refractivity contribution in [3.63, 3.8) is 0 Å². The van der Waals surface area contributed by atoms with Crippen molar-refractivity contribution >= 4 is 0 Å². The maximum Gasteiger partial charge on any atom is 0.119 e. The lowest BCUT2D eigenvalue weighted by atomic mass is 9.68. The fourth-order valence-electron chi connectivity index (χ4n) is 4.54. The van der Waals surface area contributed by atoms with Crippen LogP contribution < -0.4 is 10.1 Å². The molecule has 0 radical (unpaired) electrons. The van der Waals surface area contributed by atoms with Crippen molar-refractivity contribution in [3.8, 4) is 5.75 Å². The highest BCUT2D eigenvalue weighted by Gasteiger charge is 2.39. The molecular weight excluding hydrogens is 370 g/mol. The molecule has 0 spiro atoms. The van der Waals surface area contributed by atoms with Crippen LogP contribution in [0, 0.1) is 12.8 Å². The number of rotatable bonds is 9. The van der Waals surface area contributed by atoms with E-state index in [4.69, 9.17) is 9.47 Å². The predicted molar refractivity (Wildman–Crippen MR) is 124 cm³/mol. The molecule has 2 aromatic carbocycles. The summed E-state index contributed by atoms with van der Waals surface area (Å²) in [6.07, 6.45) is 4.01. The van der Waals surface area contributed by atoms with Gasteiger partial charge in [-0.3, -0.25) is 0 Å². The average Bonchev–Trinajstić information content (AvgIpc) is 2.72. The maximum atomic E-state index is 6.13. The maximum absolute atomic E-state index is 6.13. The van der Waals surface area contributed by atoms with Crippen molar-refractivity contribution in [3.05, 3.63) is 65.2 Å². The van der Waals surface area contributed by atoms with Gasteiger partial charge in [0.05, 0.1) is 18.8 Å². The van der Waals surface area contributed by atoms with Crippen molar-refractivity contribution in [1.82, 2.24) is 0 Å². The molecule has 0 amide bonds. The second-order valence-electron chi connectivity index (χ2n) is 9.60. The highest BCUT2D eigenvalue weighted by Crippen LogP contribution is 2.41. The Morgan fingerprint density at radius 1 is 1.03 bits per heavy atom. The van der Waals surface area contributed by atoms with E-state index >= 15 is 0 Å². The molecule has 1 aliphatic rings. The van der Waals surface area contributed by atoms with Crippen molar-refractivity contribution in [2.45, 2.75) is 78.0 Å². The molecule has 0 aliphatic carbocycles. The van der Waals surface area contributed by atoms with Gasteiger partial charge in [-0.05, 0) is 69.4 Å². The lowest BCUT2D eigenvalue weighted by molar-refractivity contribution is -0.671. The molecule has 3 heteroatoms. The molecule has 2 N–H and O–H groups in total. The first-order valence-electron chi connectivity index (χ1n) is 11.6. The third-order valence-corrected chi connectivity index (χ3v) is 6.41. The van der Waals surface area contributed by atoms with Gasteiger partial charge in [0, 0.05) is 24.0 Å². The SMILES string of the molecule is Cc1ccc([C@@]2(CC[NH2+]Cc3ccc(OC(C)C)cc3)CCO[C@@H](C(C)C)C2)cc1. The fourth-order valence-corrected chi connectivity index (χ4v) is 4.54. The standard InChI is InChI=1S/C27H39NO2/c1-20(2)26-18-27(15-17-29-26,24-10-6-22(5)7-11-24)14-16-28-19-23-8-12-25(13-9-23)30-21(3)4/h6-13,20-21,26,28H,14-19H2,1-5H3/p+1/t26-,27+/m1/s1. The van der Waals surface area contributed by atoms with Gasteiger partial charge in [0.1, 0.15) is 12.3 Å². The van der Waals surface area contributed by atoms with E-state index in [2.05, 4.69) is 88.5 Å². The molecule has 2 atom stereocenters. The van der Waals surface area contributed by atoms with Crippen molar-refractivity contribution in [1.29, 1.82) is 0 Å². The van der Waals surface area contributed by atoms with E-state index in [0.29, 0.717) is 12.0 Å². The van der Waals surface area contributed by atoms with Crippen LogP contribution in [0.4, 0.5) is 0 Å². The summed E-state index contributed by atoms with van der Waals surface area (Å²) in [6.45, 7) is 13.9. The summed E-state index contributed by atoms with van der Waals surface area (Å²) in [7, 11) is 0. The van der Waals surface area contributed by atoms with E-state index in [1.807, 2.05) is 0 Å². The van der Waals surface area contributed by atoms with Crippen LogP contribution in [-0.2, 0) is 16.7 Å². The van der Waals surface area contributed by atoms with Gasteiger partial charge in [0.25, 0.3) is 0 Å². The number of nitrogens with two attached hydrogens (primary N) is 1. The van der Waals surface area contributed by atoms with E-state index in [1.54, 1.807) is 0 Å². The molecule has 0 saturated carbocycles. The van der Waals surface area contributed by atoms with Gasteiger partial charge in [-0.25, -0.2) is 0 Å². The molecule has 0 bridgehead atoms. The molecule has 1 heterocycles. The zero-order valence-corrected chi connectivity index (χ0v) is 19.5. The molecule has 164 valence electrons. The molecule has 30 heavy (non-hydrogen) atoms. The quantitative estimate of drug-likeness (QED) is 0.590. The number of ether oxygens (including phenoxy) is 2. The summed E-state index contributed by atoms with van der Waals surface area (Å²) in [5.74, 6) is 1.51. The molecule has 3 nitrogen and oxygen atoms in total. The number of hydrogen-bond donors (Lipinski definition) is 1. The van der Waals surface area contributed by atoms with Crippen LogP contribution in [0.15, 0.2) is 48.5 Å². The third-order valence-electron chi connectivity index (χ3n) is 6.41. The first-order chi connectivity index (χ1) is 14.4. The van der Waals surface area contributed by atoms with Gasteiger partial charge in [-0.1, -0.05) is 43.7 Å². The second-order valence-corrected chi connectivity index (χ2v) is 9.60. The smallest absolute Gasteiger partial charge is 0.119 e. The van der Waals surface area contributed by atoms with Gasteiger partial charge in [0.15, 0.2) is 0 Å². The topological polar surface area (TPSA) is 35.1 Å². The van der Waals surface area contributed by atoms with E-state index in [-0.39, 0.29) is 11.5 Å². The van der Waals surface area contributed by atoms with Gasteiger partial charge in [-0.15, -0.1) is 0 Å². The second kappa shape index (κ2) is 10.5. The van der Waals surface area contributed by atoms with Crippen molar-refractivity contribution < 1.29 is 14.8 Å². The Labute approximate surface area is 183 Å². The number of aryl methyl sites for hydroxylation is 1. The van der Waals surface area contributed by atoms with Crippen LogP contribution in [0.2, 0.25) is 0 Å². The monoisotopic (exact) mass is 410 g/mol. The summed E-state index contributed by atoms with van der Waals surface area (Å²) < 4.78 is 11.9. The van der Waals surface area contributed by atoms with E-state index in [9.17, 15) is 0 Å².